The number of nitrogens with one attached hydrogen (secondary N) is 3. The summed E-state index contributed by atoms with van der Waals surface area (Å²) in [4.78, 5) is 37.4. The Bertz CT molecular complexity index is 1020. The number of carbonyl (C=O) groups is 2. The van der Waals surface area contributed by atoms with E-state index in [2.05, 4.69) is 35.6 Å². The van der Waals surface area contributed by atoms with Gasteiger partial charge in [-0.2, -0.15) is 0 Å². The fourth-order valence-corrected chi connectivity index (χ4v) is 4.49. The van der Waals surface area contributed by atoms with E-state index in [4.69, 9.17) is 16.3 Å². The van der Waals surface area contributed by atoms with Crippen LogP contribution in [0.4, 0.5) is 16.4 Å². The van der Waals surface area contributed by atoms with Crippen LogP contribution >= 0.6 is 11.6 Å². The van der Waals surface area contributed by atoms with Crippen LogP contribution in [0.25, 0.3) is 11.3 Å². The molecule has 11 heteroatoms. The summed E-state index contributed by atoms with van der Waals surface area (Å²) < 4.78 is 10.0. The van der Waals surface area contributed by atoms with Gasteiger partial charge in [0.05, 0.1) is 30.2 Å². The summed E-state index contributed by atoms with van der Waals surface area (Å²) in [5.74, 6) is 1.23. The van der Waals surface area contributed by atoms with E-state index >= 15 is 0 Å². The molecule has 182 valence electrons. The van der Waals surface area contributed by atoms with Gasteiger partial charge in [0.15, 0.2) is 0 Å². The Morgan fingerprint density at radius 3 is 2.76 bits per heavy atom. The number of hydrogen-bond donors (Lipinski definition) is 3. The number of hydrogen-bond acceptors (Lipinski definition) is 8. The fourth-order valence-electron chi connectivity index (χ4n) is 4.29. The number of nitrogens with zero attached hydrogens (tertiary/aromatic N) is 3. The summed E-state index contributed by atoms with van der Waals surface area (Å²) in [6.07, 6.45) is 8.32. The zero-order valence-corrected chi connectivity index (χ0v) is 19.8. The number of aromatic nitrogens is 3. The molecule has 3 N–H and O–H groups in total. The van der Waals surface area contributed by atoms with E-state index in [-0.39, 0.29) is 17.9 Å². The average Bonchev–Trinajstić information content (AvgIpc) is 3.33. The molecule has 2 aromatic heterocycles. The van der Waals surface area contributed by atoms with Crippen LogP contribution < -0.4 is 16.0 Å². The van der Waals surface area contributed by atoms with Crippen molar-refractivity contribution in [3.05, 3.63) is 29.7 Å². The topological polar surface area (TPSA) is 127 Å². The first-order valence-corrected chi connectivity index (χ1v) is 11.8. The molecular formula is C23H29ClN6O4. The van der Waals surface area contributed by atoms with Crippen LogP contribution in [-0.2, 0) is 14.3 Å². The number of pyridine rings is 1. The fraction of sp³-hybridized carbons (Fsp3) is 0.522. The van der Waals surface area contributed by atoms with Crippen LogP contribution in [-0.4, -0.2) is 59.9 Å². The molecule has 4 rings (SSSR count). The standard InChI is InChI=1S/C23H29ClN6O4/c1-33-23(32)28-16-3-2-15(8-16)22(31)30-20-9-17(18(24)11-27-20)19-12-25-13-21(29-19)26-10-14-4-6-34-7-5-14/h9,11-16H,2-8,10H2,1H3,(H,26,29)(H,28,32)(H,27,30,31)/t15-,16+/m1/s1. The van der Waals surface area contributed by atoms with Crippen LogP contribution in [0.15, 0.2) is 24.7 Å². The van der Waals surface area contributed by atoms with Gasteiger partial charge < -0.3 is 25.4 Å². The van der Waals surface area contributed by atoms with Crippen molar-refractivity contribution in [3.8, 4) is 11.3 Å². The van der Waals surface area contributed by atoms with E-state index in [1.54, 1.807) is 18.5 Å². The number of halogens is 1. The van der Waals surface area contributed by atoms with Gasteiger partial charge in [0.25, 0.3) is 0 Å². The van der Waals surface area contributed by atoms with Gasteiger partial charge in [0.1, 0.15) is 11.6 Å². The third-order valence-corrected chi connectivity index (χ3v) is 6.54. The Labute approximate surface area is 203 Å². The van der Waals surface area contributed by atoms with Gasteiger partial charge in [-0.25, -0.2) is 14.8 Å². The van der Waals surface area contributed by atoms with Gasteiger partial charge in [-0.15, -0.1) is 0 Å². The minimum absolute atomic E-state index is 0.0800. The highest BCUT2D eigenvalue weighted by atomic mass is 35.5. The molecule has 3 heterocycles. The number of anilines is 2. The van der Waals surface area contributed by atoms with Crippen molar-refractivity contribution in [1.82, 2.24) is 20.3 Å². The highest BCUT2D eigenvalue weighted by Gasteiger charge is 2.31. The number of amides is 2. The molecule has 10 nitrogen and oxygen atoms in total. The third kappa shape index (κ3) is 6.32. The summed E-state index contributed by atoms with van der Waals surface area (Å²) in [5, 5.41) is 9.38. The normalized spacial score (nSPS) is 20.5. The number of methoxy groups -OCH3 is 1. The second kappa shape index (κ2) is 11.4. The molecule has 1 saturated carbocycles. The maximum atomic E-state index is 12.8. The van der Waals surface area contributed by atoms with Crippen molar-refractivity contribution >= 4 is 35.2 Å². The largest absolute Gasteiger partial charge is 0.453 e. The lowest BCUT2D eigenvalue weighted by Gasteiger charge is -2.22. The first-order valence-electron chi connectivity index (χ1n) is 11.5. The smallest absolute Gasteiger partial charge is 0.407 e. The van der Waals surface area contributed by atoms with E-state index in [1.807, 2.05) is 0 Å². The second-order valence-corrected chi connectivity index (χ2v) is 9.01. The maximum Gasteiger partial charge on any atom is 0.407 e. The van der Waals surface area contributed by atoms with E-state index in [1.165, 1.54) is 13.3 Å². The molecule has 2 amide bonds. The highest BCUT2D eigenvalue weighted by Crippen LogP contribution is 2.30. The third-order valence-electron chi connectivity index (χ3n) is 6.24. The first-order chi connectivity index (χ1) is 16.5. The highest BCUT2D eigenvalue weighted by molar-refractivity contribution is 6.33. The van der Waals surface area contributed by atoms with Crippen molar-refractivity contribution in [2.75, 3.05) is 37.5 Å². The van der Waals surface area contributed by atoms with Crippen molar-refractivity contribution in [1.29, 1.82) is 0 Å². The number of alkyl carbamates (subject to hydrolysis) is 1. The molecule has 0 spiro atoms. The van der Waals surface area contributed by atoms with Crippen LogP contribution in [0.5, 0.6) is 0 Å². The van der Waals surface area contributed by atoms with Gasteiger partial charge in [0, 0.05) is 43.5 Å². The SMILES string of the molecule is COC(=O)N[C@H]1CC[C@@H](C(=O)Nc2cc(-c3cncc(NCC4CCOCC4)n3)c(Cl)cn2)C1. The first kappa shape index (κ1) is 24.2. The quantitative estimate of drug-likeness (QED) is 0.540. The molecule has 1 saturated heterocycles. The molecular weight excluding hydrogens is 460 g/mol. The lowest BCUT2D eigenvalue weighted by Crippen LogP contribution is -2.33. The van der Waals surface area contributed by atoms with Crippen LogP contribution in [0.1, 0.15) is 32.1 Å². The van der Waals surface area contributed by atoms with E-state index in [0.717, 1.165) is 39.0 Å². The van der Waals surface area contributed by atoms with Gasteiger partial charge in [0.2, 0.25) is 5.91 Å². The predicted octanol–water partition coefficient (Wildman–Crippen LogP) is 3.49. The van der Waals surface area contributed by atoms with Gasteiger partial charge >= 0.3 is 6.09 Å². The molecule has 2 aliphatic rings. The Kier molecular flexibility index (Phi) is 8.12. The van der Waals surface area contributed by atoms with Crippen molar-refractivity contribution in [3.63, 3.8) is 0 Å². The van der Waals surface area contributed by atoms with Gasteiger partial charge in [-0.3, -0.25) is 9.78 Å². The zero-order chi connectivity index (χ0) is 23.9. The summed E-state index contributed by atoms with van der Waals surface area (Å²) in [6, 6.07) is 1.62. The molecule has 1 aliphatic heterocycles. The molecule has 0 bridgehead atoms. The zero-order valence-electron chi connectivity index (χ0n) is 19.1. The monoisotopic (exact) mass is 488 g/mol. The second-order valence-electron chi connectivity index (χ2n) is 8.61. The average molecular weight is 489 g/mol. The lowest BCUT2D eigenvalue weighted by molar-refractivity contribution is -0.119. The van der Waals surface area contributed by atoms with Crippen LogP contribution in [0.3, 0.4) is 0 Å². The maximum absolute atomic E-state index is 12.8. The molecule has 0 aromatic carbocycles. The summed E-state index contributed by atoms with van der Waals surface area (Å²) >= 11 is 6.40. The Morgan fingerprint density at radius 1 is 1.15 bits per heavy atom. The molecule has 34 heavy (non-hydrogen) atoms. The molecule has 2 fully saturated rings. The summed E-state index contributed by atoms with van der Waals surface area (Å²) in [6.45, 7) is 2.39. The number of rotatable bonds is 7. The summed E-state index contributed by atoms with van der Waals surface area (Å²) in [5.41, 5.74) is 1.22. The minimum atomic E-state index is -0.486. The van der Waals surface area contributed by atoms with E-state index < -0.39 is 6.09 Å². The molecule has 0 radical (unpaired) electrons. The van der Waals surface area contributed by atoms with Crippen LogP contribution in [0.2, 0.25) is 5.02 Å². The van der Waals surface area contributed by atoms with Gasteiger partial charge in [-0.1, -0.05) is 11.6 Å². The summed E-state index contributed by atoms with van der Waals surface area (Å²) in [7, 11) is 1.32. The van der Waals surface area contributed by atoms with Crippen molar-refractivity contribution in [2.45, 2.75) is 38.1 Å². The molecule has 1 aliphatic carbocycles. The van der Waals surface area contributed by atoms with Crippen LogP contribution in [0, 0.1) is 11.8 Å². The Hall–Kier alpha value is -2.98. The van der Waals surface area contributed by atoms with Crippen molar-refractivity contribution < 1.29 is 19.1 Å². The van der Waals surface area contributed by atoms with Gasteiger partial charge in [-0.05, 0) is 44.1 Å². The molecule has 0 unspecified atom stereocenters. The molecule has 2 atom stereocenters. The molecule has 2 aromatic rings. The van der Waals surface area contributed by atoms with Crippen molar-refractivity contribution in [2.24, 2.45) is 11.8 Å². The Morgan fingerprint density at radius 2 is 1.97 bits per heavy atom. The predicted molar refractivity (Wildman–Crippen MR) is 128 cm³/mol. The number of carbonyl (C=O) groups excluding carboxylic acids is 2. The lowest BCUT2D eigenvalue weighted by atomic mass is 10.0. The van der Waals surface area contributed by atoms with E-state index in [9.17, 15) is 9.59 Å². The number of ether oxygens (including phenoxy) is 2. The minimum Gasteiger partial charge on any atom is -0.453 e. The Balaban J connectivity index is 1.39. The van der Waals surface area contributed by atoms with E-state index in [0.29, 0.717) is 46.7 Å².